The summed E-state index contributed by atoms with van der Waals surface area (Å²) in [6, 6.07) is 2.92. The Labute approximate surface area is 97.5 Å². The van der Waals surface area contributed by atoms with Gasteiger partial charge in [0, 0.05) is 17.7 Å². The number of amides is 1. The van der Waals surface area contributed by atoms with E-state index in [1.54, 1.807) is 6.92 Å². The van der Waals surface area contributed by atoms with Gasteiger partial charge in [0.05, 0.1) is 6.42 Å². The Hall–Kier alpha value is -2.24. The molecule has 0 saturated carbocycles. The monoisotopic (exact) mass is 239 g/mol. The van der Waals surface area contributed by atoms with Gasteiger partial charge in [-0.05, 0) is 19.1 Å². The highest BCUT2D eigenvalue weighted by Gasteiger charge is 2.13. The van der Waals surface area contributed by atoms with Crippen LogP contribution in [0, 0.1) is 0 Å². The molecule has 0 fully saturated rings. The quantitative estimate of drug-likeness (QED) is 0.618. The lowest BCUT2D eigenvalue weighted by atomic mass is 10.1. The summed E-state index contributed by atoms with van der Waals surface area (Å²) in [7, 11) is 0. The molecule has 0 heterocycles. The second-order valence-corrected chi connectivity index (χ2v) is 3.71. The van der Waals surface area contributed by atoms with Gasteiger partial charge in [-0.1, -0.05) is 0 Å². The molecule has 4 N–H and O–H groups in total. The predicted octanol–water partition coefficient (Wildman–Crippen LogP) is 0.691. The SMILES string of the molecule is CC(CC(=O)O)NC(=O)c1cc(O)cc(O)c1. The lowest BCUT2D eigenvalue weighted by molar-refractivity contribution is -0.137. The van der Waals surface area contributed by atoms with Gasteiger partial charge in [-0.3, -0.25) is 9.59 Å². The van der Waals surface area contributed by atoms with Crippen LogP contribution in [0.5, 0.6) is 11.5 Å². The molecule has 0 saturated heterocycles. The zero-order valence-corrected chi connectivity index (χ0v) is 9.17. The molecule has 1 unspecified atom stereocenters. The summed E-state index contributed by atoms with van der Waals surface area (Å²) < 4.78 is 0. The molecule has 0 spiro atoms. The summed E-state index contributed by atoms with van der Waals surface area (Å²) in [5.41, 5.74) is 0.0692. The third-order valence-electron chi connectivity index (χ3n) is 2.02. The number of phenolic OH excluding ortho intramolecular Hbond substituents is 2. The normalized spacial score (nSPS) is 11.8. The molecule has 0 bridgehead atoms. The topological polar surface area (TPSA) is 107 Å². The lowest BCUT2D eigenvalue weighted by Gasteiger charge is -2.11. The first-order valence-electron chi connectivity index (χ1n) is 4.94. The molecule has 92 valence electrons. The smallest absolute Gasteiger partial charge is 0.305 e. The molecule has 0 aliphatic carbocycles. The number of rotatable bonds is 4. The standard InChI is InChI=1S/C11H13NO5/c1-6(2-10(15)16)12-11(17)7-3-8(13)5-9(14)4-7/h3-6,13-14H,2H2,1H3,(H,12,17)(H,15,16). The van der Waals surface area contributed by atoms with Gasteiger partial charge in [0.25, 0.3) is 5.91 Å². The van der Waals surface area contributed by atoms with Crippen LogP contribution in [0.3, 0.4) is 0 Å². The minimum Gasteiger partial charge on any atom is -0.508 e. The number of hydrogen-bond acceptors (Lipinski definition) is 4. The highest BCUT2D eigenvalue weighted by Crippen LogP contribution is 2.20. The average Bonchev–Trinajstić information content (AvgIpc) is 2.14. The van der Waals surface area contributed by atoms with E-state index in [4.69, 9.17) is 5.11 Å². The van der Waals surface area contributed by atoms with Gasteiger partial charge >= 0.3 is 5.97 Å². The second kappa shape index (κ2) is 5.20. The van der Waals surface area contributed by atoms with E-state index in [0.29, 0.717) is 0 Å². The number of carbonyl (C=O) groups is 2. The summed E-state index contributed by atoms with van der Waals surface area (Å²) in [5, 5.41) is 29.3. The van der Waals surface area contributed by atoms with E-state index in [9.17, 15) is 19.8 Å². The maximum Gasteiger partial charge on any atom is 0.305 e. The molecule has 0 aliphatic heterocycles. The van der Waals surface area contributed by atoms with Crippen LogP contribution in [0.25, 0.3) is 0 Å². The van der Waals surface area contributed by atoms with E-state index in [0.717, 1.165) is 6.07 Å². The first-order chi connectivity index (χ1) is 7.88. The molecule has 0 radical (unpaired) electrons. The van der Waals surface area contributed by atoms with Crippen LogP contribution in [-0.4, -0.2) is 33.2 Å². The van der Waals surface area contributed by atoms with Gasteiger partial charge in [0.15, 0.2) is 0 Å². The Bertz CT molecular complexity index is 423. The Morgan fingerprint density at radius 3 is 2.24 bits per heavy atom. The van der Waals surface area contributed by atoms with Crippen molar-refractivity contribution in [1.82, 2.24) is 5.32 Å². The van der Waals surface area contributed by atoms with Gasteiger partial charge in [-0.15, -0.1) is 0 Å². The van der Waals surface area contributed by atoms with Gasteiger partial charge in [0.1, 0.15) is 11.5 Å². The maximum atomic E-state index is 11.6. The molecule has 1 amide bonds. The van der Waals surface area contributed by atoms with Crippen LogP contribution in [0.15, 0.2) is 18.2 Å². The van der Waals surface area contributed by atoms with Crippen LogP contribution in [0.2, 0.25) is 0 Å². The van der Waals surface area contributed by atoms with E-state index in [1.807, 2.05) is 0 Å². The lowest BCUT2D eigenvalue weighted by Crippen LogP contribution is -2.34. The molecule has 1 atom stereocenters. The van der Waals surface area contributed by atoms with Gasteiger partial charge in [0.2, 0.25) is 0 Å². The summed E-state index contributed by atoms with van der Waals surface area (Å²) >= 11 is 0. The van der Waals surface area contributed by atoms with E-state index in [1.165, 1.54) is 12.1 Å². The number of aliphatic carboxylic acids is 1. The fraction of sp³-hybridized carbons (Fsp3) is 0.273. The van der Waals surface area contributed by atoms with Crippen molar-refractivity contribution in [1.29, 1.82) is 0 Å². The fourth-order valence-corrected chi connectivity index (χ4v) is 1.35. The first kappa shape index (κ1) is 12.8. The van der Waals surface area contributed by atoms with Crippen LogP contribution in [0.1, 0.15) is 23.7 Å². The third-order valence-corrected chi connectivity index (χ3v) is 2.02. The van der Waals surface area contributed by atoms with Gasteiger partial charge in [-0.2, -0.15) is 0 Å². The zero-order chi connectivity index (χ0) is 13.0. The van der Waals surface area contributed by atoms with Crippen molar-refractivity contribution in [2.75, 3.05) is 0 Å². The number of carboxylic acid groups (broad SMARTS) is 1. The summed E-state index contributed by atoms with van der Waals surface area (Å²) in [5.74, 6) is -2.04. The Morgan fingerprint density at radius 2 is 1.76 bits per heavy atom. The third kappa shape index (κ3) is 4.02. The van der Waals surface area contributed by atoms with Crippen molar-refractivity contribution in [3.8, 4) is 11.5 Å². The molecule has 17 heavy (non-hydrogen) atoms. The Morgan fingerprint density at radius 1 is 1.24 bits per heavy atom. The molecule has 1 rings (SSSR count). The summed E-state index contributed by atoms with van der Waals surface area (Å²) in [6.07, 6.45) is -0.198. The molecular weight excluding hydrogens is 226 g/mol. The van der Waals surface area contributed by atoms with Crippen molar-refractivity contribution in [2.24, 2.45) is 0 Å². The molecular formula is C11H13NO5. The van der Waals surface area contributed by atoms with E-state index >= 15 is 0 Å². The summed E-state index contributed by atoms with van der Waals surface area (Å²) in [4.78, 5) is 22.0. The molecule has 6 nitrogen and oxygen atoms in total. The van der Waals surface area contributed by atoms with Crippen LogP contribution >= 0.6 is 0 Å². The largest absolute Gasteiger partial charge is 0.508 e. The second-order valence-electron chi connectivity index (χ2n) is 3.71. The minimum absolute atomic E-state index is 0.0692. The van der Waals surface area contributed by atoms with Crippen molar-refractivity contribution < 1.29 is 24.9 Å². The van der Waals surface area contributed by atoms with Gasteiger partial charge < -0.3 is 20.6 Å². The fourth-order valence-electron chi connectivity index (χ4n) is 1.35. The van der Waals surface area contributed by atoms with Crippen LogP contribution in [0.4, 0.5) is 0 Å². The average molecular weight is 239 g/mol. The van der Waals surface area contributed by atoms with Crippen molar-refractivity contribution >= 4 is 11.9 Å². The first-order valence-corrected chi connectivity index (χ1v) is 4.94. The van der Waals surface area contributed by atoms with Crippen LogP contribution in [-0.2, 0) is 4.79 Å². The number of benzene rings is 1. The maximum absolute atomic E-state index is 11.6. The number of hydrogen-bond donors (Lipinski definition) is 4. The minimum atomic E-state index is -1.02. The number of carbonyl (C=O) groups excluding carboxylic acids is 1. The van der Waals surface area contributed by atoms with E-state index in [2.05, 4.69) is 5.32 Å². The Balaban J connectivity index is 2.72. The number of aromatic hydroxyl groups is 2. The Kier molecular flexibility index (Phi) is 3.92. The highest BCUT2D eigenvalue weighted by atomic mass is 16.4. The van der Waals surface area contributed by atoms with Crippen molar-refractivity contribution in [3.05, 3.63) is 23.8 Å². The molecule has 1 aromatic carbocycles. The zero-order valence-electron chi connectivity index (χ0n) is 9.17. The van der Waals surface area contributed by atoms with Crippen LogP contribution < -0.4 is 5.32 Å². The van der Waals surface area contributed by atoms with E-state index < -0.39 is 17.9 Å². The number of nitrogens with one attached hydrogen (secondary N) is 1. The molecule has 6 heteroatoms. The highest BCUT2D eigenvalue weighted by molar-refractivity contribution is 5.95. The number of carboxylic acids is 1. The summed E-state index contributed by atoms with van der Waals surface area (Å²) in [6.45, 7) is 1.55. The van der Waals surface area contributed by atoms with Crippen molar-refractivity contribution in [2.45, 2.75) is 19.4 Å². The molecule has 1 aromatic rings. The van der Waals surface area contributed by atoms with E-state index in [-0.39, 0.29) is 23.5 Å². The van der Waals surface area contributed by atoms with Gasteiger partial charge in [-0.25, -0.2) is 0 Å². The molecule has 0 aliphatic rings. The number of phenols is 2. The van der Waals surface area contributed by atoms with Crippen molar-refractivity contribution in [3.63, 3.8) is 0 Å². The predicted molar refractivity (Wildman–Crippen MR) is 59.0 cm³/mol. The molecule has 0 aromatic heterocycles.